The Balaban J connectivity index is 1.57. The number of hydrogen-bond acceptors (Lipinski definition) is 4. The van der Waals surface area contributed by atoms with Crippen molar-refractivity contribution in [2.75, 3.05) is 6.54 Å². The standard InChI is InChI=1S/C20H19N5O/c1-13(14-5-3-2-4-6-14)24-25-19-11-15(7-9-21-19)18-12-16-17(23-18)8-10-22-20(16)26/h2-7,9,11-13,23H,8,10H2,1H3,(H,22,26). The molecule has 3 heterocycles. The van der Waals surface area contributed by atoms with E-state index in [9.17, 15) is 4.79 Å². The number of benzene rings is 1. The van der Waals surface area contributed by atoms with Crippen molar-refractivity contribution in [3.8, 4) is 11.3 Å². The topological polar surface area (TPSA) is 82.5 Å². The molecule has 0 saturated carbocycles. The Kier molecular flexibility index (Phi) is 4.31. The van der Waals surface area contributed by atoms with Gasteiger partial charge in [0.1, 0.15) is 0 Å². The summed E-state index contributed by atoms with van der Waals surface area (Å²) in [5.74, 6) is 0.515. The predicted molar refractivity (Wildman–Crippen MR) is 99.4 cm³/mol. The summed E-state index contributed by atoms with van der Waals surface area (Å²) in [7, 11) is 0. The number of pyridine rings is 1. The molecule has 0 saturated heterocycles. The van der Waals surface area contributed by atoms with Gasteiger partial charge in [-0.25, -0.2) is 4.98 Å². The molecule has 2 N–H and O–H groups in total. The second kappa shape index (κ2) is 6.92. The molecule has 4 rings (SSSR count). The van der Waals surface area contributed by atoms with Crippen LogP contribution in [-0.2, 0) is 6.42 Å². The summed E-state index contributed by atoms with van der Waals surface area (Å²) in [6.07, 6.45) is 2.52. The molecular weight excluding hydrogens is 326 g/mol. The number of nitrogens with zero attached hydrogens (tertiary/aromatic N) is 3. The number of aromatic nitrogens is 2. The number of carbonyl (C=O) groups is 1. The minimum Gasteiger partial charge on any atom is -0.358 e. The number of carbonyl (C=O) groups excluding carboxylic acids is 1. The minimum absolute atomic E-state index is 0.0283. The van der Waals surface area contributed by atoms with Crippen LogP contribution in [0.15, 0.2) is 65.0 Å². The van der Waals surface area contributed by atoms with Crippen LogP contribution in [0.1, 0.15) is 34.6 Å². The Labute approximate surface area is 151 Å². The van der Waals surface area contributed by atoms with Crippen molar-refractivity contribution in [3.05, 3.63) is 71.5 Å². The molecule has 6 heteroatoms. The lowest BCUT2D eigenvalue weighted by Crippen LogP contribution is -2.31. The van der Waals surface area contributed by atoms with E-state index < -0.39 is 0 Å². The van der Waals surface area contributed by atoms with Crippen molar-refractivity contribution in [2.24, 2.45) is 10.2 Å². The molecule has 1 amide bonds. The Morgan fingerprint density at radius 2 is 2.00 bits per heavy atom. The van der Waals surface area contributed by atoms with E-state index in [1.165, 1.54) is 0 Å². The van der Waals surface area contributed by atoms with Gasteiger partial charge in [0, 0.05) is 36.1 Å². The third kappa shape index (κ3) is 3.26. The lowest BCUT2D eigenvalue weighted by molar-refractivity contribution is 0.0946. The van der Waals surface area contributed by atoms with Gasteiger partial charge < -0.3 is 10.3 Å². The van der Waals surface area contributed by atoms with Crippen LogP contribution < -0.4 is 5.32 Å². The number of hydrogen-bond donors (Lipinski definition) is 2. The Morgan fingerprint density at radius 1 is 1.15 bits per heavy atom. The number of aromatic amines is 1. The summed E-state index contributed by atoms with van der Waals surface area (Å²) in [6, 6.07) is 15.6. The quantitative estimate of drug-likeness (QED) is 0.694. The van der Waals surface area contributed by atoms with Gasteiger partial charge in [0.25, 0.3) is 5.91 Å². The van der Waals surface area contributed by atoms with Crippen LogP contribution in [0, 0.1) is 0 Å². The van der Waals surface area contributed by atoms with Crippen molar-refractivity contribution in [2.45, 2.75) is 19.4 Å². The molecule has 0 bridgehead atoms. The fourth-order valence-electron chi connectivity index (χ4n) is 3.03. The van der Waals surface area contributed by atoms with Crippen LogP contribution in [0.5, 0.6) is 0 Å². The first-order valence-electron chi connectivity index (χ1n) is 8.63. The van der Waals surface area contributed by atoms with Crippen molar-refractivity contribution in [3.63, 3.8) is 0 Å². The van der Waals surface area contributed by atoms with Gasteiger partial charge in [0.2, 0.25) is 0 Å². The van der Waals surface area contributed by atoms with Crippen LogP contribution in [-0.4, -0.2) is 22.4 Å². The molecule has 1 aliphatic heterocycles. The van der Waals surface area contributed by atoms with Crippen LogP contribution in [0.2, 0.25) is 0 Å². The molecule has 0 aliphatic carbocycles. The molecule has 130 valence electrons. The zero-order chi connectivity index (χ0) is 17.9. The lowest BCUT2D eigenvalue weighted by Gasteiger charge is -2.10. The molecular formula is C20H19N5O. The van der Waals surface area contributed by atoms with E-state index >= 15 is 0 Å². The van der Waals surface area contributed by atoms with E-state index in [1.54, 1.807) is 6.20 Å². The smallest absolute Gasteiger partial charge is 0.253 e. The van der Waals surface area contributed by atoms with Gasteiger partial charge in [-0.3, -0.25) is 4.79 Å². The van der Waals surface area contributed by atoms with Crippen molar-refractivity contribution < 1.29 is 4.79 Å². The average molecular weight is 345 g/mol. The first kappa shape index (κ1) is 16.2. The number of H-pyrrole nitrogens is 1. The maximum atomic E-state index is 11.9. The van der Waals surface area contributed by atoms with Gasteiger partial charge in [0.05, 0.1) is 11.6 Å². The summed E-state index contributed by atoms with van der Waals surface area (Å²) in [5.41, 5.74) is 4.62. The molecule has 1 aliphatic rings. The zero-order valence-corrected chi connectivity index (χ0v) is 14.4. The van der Waals surface area contributed by atoms with Crippen molar-refractivity contribution >= 4 is 11.7 Å². The number of azo groups is 1. The Hall–Kier alpha value is -3.28. The maximum Gasteiger partial charge on any atom is 0.253 e. The Morgan fingerprint density at radius 3 is 2.81 bits per heavy atom. The summed E-state index contributed by atoms with van der Waals surface area (Å²) in [5, 5.41) is 11.5. The van der Waals surface area contributed by atoms with Crippen LogP contribution in [0.4, 0.5) is 5.82 Å². The Bertz CT molecular complexity index is 961. The van der Waals surface area contributed by atoms with E-state index in [0.29, 0.717) is 17.9 Å². The molecule has 1 aromatic carbocycles. The van der Waals surface area contributed by atoms with E-state index in [0.717, 1.165) is 28.9 Å². The molecule has 0 spiro atoms. The summed E-state index contributed by atoms with van der Waals surface area (Å²) < 4.78 is 0. The SMILES string of the molecule is CC(N=Nc1cc(-c2cc3c([nH]2)CCNC3=O)ccn1)c1ccccc1. The third-order valence-electron chi connectivity index (χ3n) is 4.48. The zero-order valence-electron chi connectivity index (χ0n) is 14.4. The summed E-state index contributed by atoms with van der Waals surface area (Å²) >= 11 is 0. The van der Waals surface area contributed by atoms with E-state index in [4.69, 9.17) is 0 Å². The van der Waals surface area contributed by atoms with Gasteiger partial charge in [-0.2, -0.15) is 5.11 Å². The highest BCUT2D eigenvalue weighted by molar-refractivity contribution is 5.97. The van der Waals surface area contributed by atoms with Gasteiger partial charge in [-0.15, -0.1) is 5.11 Å². The predicted octanol–water partition coefficient (Wildman–Crippen LogP) is 4.21. The highest BCUT2D eigenvalue weighted by Gasteiger charge is 2.20. The summed E-state index contributed by atoms with van der Waals surface area (Å²) in [6.45, 7) is 2.67. The lowest BCUT2D eigenvalue weighted by atomic mass is 10.1. The summed E-state index contributed by atoms with van der Waals surface area (Å²) in [4.78, 5) is 19.5. The number of fused-ring (bicyclic) bond motifs is 1. The normalized spacial score (nSPS) is 14.9. The largest absolute Gasteiger partial charge is 0.358 e. The maximum absolute atomic E-state index is 11.9. The fraction of sp³-hybridized carbons (Fsp3) is 0.200. The van der Waals surface area contributed by atoms with Crippen LogP contribution in [0.3, 0.4) is 0 Å². The highest BCUT2D eigenvalue weighted by Crippen LogP contribution is 2.26. The second-order valence-electron chi connectivity index (χ2n) is 6.29. The monoisotopic (exact) mass is 345 g/mol. The van der Waals surface area contributed by atoms with Gasteiger partial charge in [-0.1, -0.05) is 30.3 Å². The molecule has 2 aromatic heterocycles. The number of nitrogens with one attached hydrogen (secondary N) is 2. The fourth-order valence-corrected chi connectivity index (χ4v) is 3.03. The van der Waals surface area contributed by atoms with Gasteiger partial charge in [-0.05, 0) is 30.7 Å². The molecule has 1 atom stereocenters. The first-order valence-corrected chi connectivity index (χ1v) is 8.63. The molecule has 0 radical (unpaired) electrons. The average Bonchev–Trinajstić information content (AvgIpc) is 3.13. The minimum atomic E-state index is -0.0387. The molecule has 3 aromatic rings. The molecule has 0 fully saturated rings. The number of rotatable bonds is 4. The second-order valence-corrected chi connectivity index (χ2v) is 6.29. The van der Waals surface area contributed by atoms with Crippen molar-refractivity contribution in [1.82, 2.24) is 15.3 Å². The van der Waals surface area contributed by atoms with E-state index in [1.807, 2.05) is 55.5 Å². The van der Waals surface area contributed by atoms with E-state index in [2.05, 4.69) is 25.5 Å². The van der Waals surface area contributed by atoms with Gasteiger partial charge >= 0.3 is 0 Å². The first-order chi connectivity index (χ1) is 12.7. The van der Waals surface area contributed by atoms with E-state index in [-0.39, 0.29) is 11.9 Å². The molecule has 1 unspecified atom stereocenters. The highest BCUT2D eigenvalue weighted by atomic mass is 16.1. The van der Waals surface area contributed by atoms with Crippen LogP contribution >= 0.6 is 0 Å². The van der Waals surface area contributed by atoms with Crippen LogP contribution in [0.25, 0.3) is 11.3 Å². The third-order valence-corrected chi connectivity index (χ3v) is 4.48. The molecule has 26 heavy (non-hydrogen) atoms. The van der Waals surface area contributed by atoms with Gasteiger partial charge in [0.15, 0.2) is 5.82 Å². The van der Waals surface area contributed by atoms with Crippen molar-refractivity contribution in [1.29, 1.82) is 0 Å². The number of amides is 1. The molecule has 6 nitrogen and oxygen atoms in total.